The van der Waals surface area contributed by atoms with Crippen LogP contribution in [0.4, 0.5) is 0 Å². The van der Waals surface area contributed by atoms with Gasteiger partial charge in [-0.25, -0.2) is 0 Å². The summed E-state index contributed by atoms with van der Waals surface area (Å²) in [5.74, 6) is 0. The fraction of sp³-hybridized carbons (Fsp3) is 0.818. The Morgan fingerprint density at radius 1 is 1.54 bits per heavy atom. The van der Waals surface area contributed by atoms with Crippen molar-refractivity contribution in [2.24, 2.45) is 5.73 Å². The molecule has 1 aliphatic rings. The SMILES string of the molecule is C=C(CCN)C1CCCCN1CC. The molecule has 0 aromatic heterocycles. The first kappa shape index (κ1) is 10.7. The van der Waals surface area contributed by atoms with Crippen molar-refractivity contribution in [1.29, 1.82) is 0 Å². The highest BCUT2D eigenvalue weighted by Crippen LogP contribution is 2.23. The highest BCUT2D eigenvalue weighted by molar-refractivity contribution is 5.07. The Balaban J connectivity index is 2.48. The number of nitrogens with zero attached hydrogens (tertiary/aromatic N) is 1. The maximum Gasteiger partial charge on any atom is 0.0305 e. The third-order valence-electron chi connectivity index (χ3n) is 2.96. The summed E-state index contributed by atoms with van der Waals surface area (Å²) in [7, 11) is 0. The van der Waals surface area contributed by atoms with Gasteiger partial charge in [-0.15, -0.1) is 0 Å². The van der Waals surface area contributed by atoms with Crippen molar-refractivity contribution in [2.75, 3.05) is 19.6 Å². The predicted octanol–water partition coefficient (Wildman–Crippen LogP) is 1.77. The van der Waals surface area contributed by atoms with E-state index in [0.717, 1.165) is 19.5 Å². The molecule has 76 valence electrons. The number of nitrogens with two attached hydrogens (primary N) is 1. The lowest BCUT2D eigenvalue weighted by Crippen LogP contribution is -2.40. The molecule has 0 aliphatic carbocycles. The molecule has 0 spiro atoms. The summed E-state index contributed by atoms with van der Waals surface area (Å²) in [4.78, 5) is 2.53. The molecule has 2 nitrogen and oxygen atoms in total. The molecule has 1 heterocycles. The van der Waals surface area contributed by atoms with Crippen molar-refractivity contribution in [3.63, 3.8) is 0 Å². The first-order valence-corrected chi connectivity index (χ1v) is 5.41. The van der Waals surface area contributed by atoms with Crippen molar-refractivity contribution in [2.45, 2.75) is 38.6 Å². The van der Waals surface area contributed by atoms with E-state index >= 15 is 0 Å². The molecule has 1 rings (SSSR count). The molecule has 0 amide bonds. The van der Waals surface area contributed by atoms with Crippen LogP contribution in [0.1, 0.15) is 32.6 Å². The standard InChI is InChI=1S/C11H22N2/c1-3-13-9-5-4-6-11(13)10(2)7-8-12/h11H,2-9,12H2,1H3. The fourth-order valence-corrected chi connectivity index (χ4v) is 2.18. The Morgan fingerprint density at radius 2 is 2.31 bits per heavy atom. The van der Waals surface area contributed by atoms with Crippen LogP contribution in [0.2, 0.25) is 0 Å². The van der Waals surface area contributed by atoms with Gasteiger partial charge in [0.05, 0.1) is 0 Å². The first-order chi connectivity index (χ1) is 6.29. The maximum absolute atomic E-state index is 5.54. The third kappa shape index (κ3) is 2.82. The summed E-state index contributed by atoms with van der Waals surface area (Å²) in [5.41, 5.74) is 6.88. The number of likely N-dealkylation sites (tertiary alicyclic amines) is 1. The van der Waals surface area contributed by atoms with E-state index < -0.39 is 0 Å². The molecule has 0 radical (unpaired) electrons. The van der Waals surface area contributed by atoms with Crippen LogP contribution in [0, 0.1) is 0 Å². The number of likely N-dealkylation sites (N-methyl/N-ethyl adjacent to an activating group) is 1. The van der Waals surface area contributed by atoms with E-state index in [1.165, 1.54) is 31.4 Å². The van der Waals surface area contributed by atoms with Gasteiger partial charge < -0.3 is 5.73 Å². The summed E-state index contributed by atoms with van der Waals surface area (Å²) in [6, 6.07) is 0.613. The van der Waals surface area contributed by atoms with Crippen LogP contribution in [0.25, 0.3) is 0 Å². The summed E-state index contributed by atoms with van der Waals surface area (Å²) < 4.78 is 0. The third-order valence-corrected chi connectivity index (χ3v) is 2.96. The monoisotopic (exact) mass is 182 g/mol. The quantitative estimate of drug-likeness (QED) is 0.671. The van der Waals surface area contributed by atoms with Gasteiger partial charge in [0.25, 0.3) is 0 Å². The van der Waals surface area contributed by atoms with E-state index in [1.807, 2.05) is 0 Å². The maximum atomic E-state index is 5.54. The van der Waals surface area contributed by atoms with E-state index in [0.29, 0.717) is 6.04 Å². The predicted molar refractivity (Wildman–Crippen MR) is 57.7 cm³/mol. The molecule has 1 fully saturated rings. The Labute approximate surface area is 81.8 Å². The van der Waals surface area contributed by atoms with E-state index in [2.05, 4.69) is 18.4 Å². The summed E-state index contributed by atoms with van der Waals surface area (Å²) in [6.07, 6.45) is 4.97. The number of rotatable bonds is 4. The number of piperidine rings is 1. The van der Waals surface area contributed by atoms with Crippen LogP contribution in [0.5, 0.6) is 0 Å². The Bertz CT molecular complexity index is 165. The molecule has 0 aromatic rings. The summed E-state index contributed by atoms with van der Waals surface area (Å²) in [6.45, 7) is 9.51. The second kappa shape index (κ2) is 5.40. The summed E-state index contributed by atoms with van der Waals surface area (Å²) >= 11 is 0. The van der Waals surface area contributed by atoms with Crippen molar-refractivity contribution in [1.82, 2.24) is 4.90 Å². The molecule has 2 N–H and O–H groups in total. The minimum absolute atomic E-state index is 0.613. The molecule has 1 saturated heterocycles. The number of hydrogen-bond donors (Lipinski definition) is 1. The molecule has 13 heavy (non-hydrogen) atoms. The van der Waals surface area contributed by atoms with Crippen LogP contribution >= 0.6 is 0 Å². The normalized spacial score (nSPS) is 24.6. The van der Waals surface area contributed by atoms with Gasteiger partial charge in [-0.2, -0.15) is 0 Å². The Morgan fingerprint density at radius 3 is 2.92 bits per heavy atom. The van der Waals surface area contributed by atoms with Crippen molar-refractivity contribution < 1.29 is 0 Å². The topological polar surface area (TPSA) is 29.3 Å². The van der Waals surface area contributed by atoms with Crippen LogP contribution in [-0.4, -0.2) is 30.6 Å². The lowest BCUT2D eigenvalue weighted by atomic mass is 9.94. The van der Waals surface area contributed by atoms with Gasteiger partial charge >= 0.3 is 0 Å². The first-order valence-electron chi connectivity index (χ1n) is 5.41. The van der Waals surface area contributed by atoms with E-state index in [-0.39, 0.29) is 0 Å². The zero-order valence-electron chi connectivity index (χ0n) is 8.76. The van der Waals surface area contributed by atoms with Crippen molar-refractivity contribution >= 4 is 0 Å². The van der Waals surface area contributed by atoms with Crippen molar-refractivity contribution in [3.8, 4) is 0 Å². The highest BCUT2D eigenvalue weighted by atomic mass is 15.2. The Kier molecular flexibility index (Phi) is 4.46. The zero-order valence-corrected chi connectivity index (χ0v) is 8.76. The Hall–Kier alpha value is -0.340. The molecule has 1 atom stereocenters. The van der Waals surface area contributed by atoms with Crippen molar-refractivity contribution in [3.05, 3.63) is 12.2 Å². The molecule has 1 aliphatic heterocycles. The number of hydrogen-bond acceptors (Lipinski definition) is 2. The molecular formula is C11H22N2. The minimum atomic E-state index is 0.613. The van der Waals surface area contributed by atoms with Gasteiger partial charge in [0.1, 0.15) is 0 Å². The van der Waals surface area contributed by atoms with Gasteiger partial charge in [0.2, 0.25) is 0 Å². The van der Waals surface area contributed by atoms with Crippen LogP contribution in [-0.2, 0) is 0 Å². The summed E-state index contributed by atoms with van der Waals surface area (Å²) in [5, 5.41) is 0. The smallest absolute Gasteiger partial charge is 0.0305 e. The van der Waals surface area contributed by atoms with Gasteiger partial charge in [0.15, 0.2) is 0 Å². The van der Waals surface area contributed by atoms with Crippen LogP contribution in [0.3, 0.4) is 0 Å². The van der Waals surface area contributed by atoms with Gasteiger partial charge in [0, 0.05) is 6.04 Å². The van der Waals surface area contributed by atoms with Crippen LogP contribution in [0.15, 0.2) is 12.2 Å². The fourth-order valence-electron chi connectivity index (χ4n) is 2.18. The minimum Gasteiger partial charge on any atom is -0.330 e. The molecule has 0 saturated carbocycles. The van der Waals surface area contributed by atoms with E-state index in [4.69, 9.17) is 5.73 Å². The van der Waals surface area contributed by atoms with Crippen LogP contribution < -0.4 is 5.73 Å². The molecular weight excluding hydrogens is 160 g/mol. The molecule has 0 aromatic carbocycles. The van der Waals surface area contributed by atoms with Gasteiger partial charge in [-0.1, -0.05) is 25.5 Å². The lowest BCUT2D eigenvalue weighted by molar-refractivity contribution is 0.179. The van der Waals surface area contributed by atoms with Gasteiger partial charge in [-0.05, 0) is 38.9 Å². The lowest BCUT2D eigenvalue weighted by Gasteiger charge is -2.36. The van der Waals surface area contributed by atoms with Gasteiger partial charge in [-0.3, -0.25) is 4.90 Å². The van der Waals surface area contributed by atoms with E-state index in [1.54, 1.807) is 0 Å². The molecule has 0 bridgehead atoms. The second-order valence-electron chi connectivity index (χ2n) is 3.84. The zero-order chi connectivity index (χ0) is 9.68. The second-order valence-corrected chi connectivity index (χ2v) is 3.84. The average molecular weight is 182 g/mol. The van der Waals surface area contributed by atoms with E-state index in [9.17, 15) is 0 Å². The average Bonchev–Trinajstić information content (AvgIpc) is 2.18. The molecule has 1 unspecified atom stereocenters. The molecule has 2 heteroatoms. The highest BCUT2D eigenvalue weighted by Gasteiger charge is 2.22. The largest absolute Gasteiger partial charge is 0.330 e.